The summed E-state index contributed by atoms with van der Waals surface area (Å²) >= 11 is 7.84. The molecule has 0 radical (unpaired) electrons. The summed E-state index contributed by atoms with van der Waals surface area (Å²) in [5.41, 5.74) is 2.82. The van der Waals surface area contributed by atoms with E-state index in [9.17, 15) is 4.79 Å². The third kappa shape index (κ3) is 3.71. The number of benzene rings is 1. The van der Waals surface area contributed by atoms with Gasteiger partial charge in [0.05, 0.1) is 18.5 Å². The normalized spacial score (nSPS) is 15.3. The summed E-state index contributed by atoms with van der Waals surface area (Å²) in [6, 6.07) is 7.44. The Kier molecular flexibility index (Phi) is 4.86. The number of hydrogen-bond donors (Lipinski definition) is 1. The van der Waals surface area contributed by atoms with Gasteiger partial charge in [0.2, 0.25) is 5.91 Å². The minimum absolute atomic E-state index is 0.00685. The maximum Gasteiger partial charge on any atom is 0.224 e. The van der Waals surface area contributed by atoms with Gasteiger partial charge >= 0.3 is 0 Å². The van der Waals surface area contributed by atoms with Gasteiger partial charge in [-0.25, -0.2) is 9.97 Å². The summed E-state index contributed by atoms with van der Waals surface area (Å²) in [6.45, 7) is 0.449. The van der Waals surface area contributed by atoms with E-state index in [1.165, 1.54) is 0 Å². The third-order valence-corrected chi connectivity index (χ3v) is 5.09. The van der Waals surface area contributed by atoms with Crippen LogP contribution in [0.5, 0.6) is 5.75 Å². The van der Waals surface area contributed by atoms with Crippen LogP contribution in [0.25, 0.3) is 11.4 Å². The van der Waals surface area contributed by atoms with Gasteiger partial charge in [0.15, 0.2) is 5.82 Å². The zero-order valence-corrected chi connectivity index (χ0v) is 15.4. The summed E-state index contributed by atoms with van der Waals surface area (Å²) < 4.78 is 6.08. The van der Waals surface area contributed by atoms with Gasteiger partial charge in [-0.2, -0.15) is 11.3 Å². The van der Waals surface area contributed by atoms with E-state index in [-0.39, 0.29) is 12.0 Å². The van der Waals surface area contributed by atoms with E-state index in [0.29, 0.717) is 30.2 Å². The average Bonchev–Trinajstić information content (AvgIpc) is 3.29. The van der Waals surface area contributed by atoms with Crippen LogP contribution in [0.4, 0.5) is 0 Å². The fraction of sp³-hybridized carbons (Fsp3) is 0.211. The molecule has 0 fully saturated rings. The molecule has 132 valence electrons. The second kappa shape index (κ2) is 7.43. The number of carbonyl (C=O) groups is 1. The summed E-state index contributed by atoms with van der Waals surface area (Å²) in [5, 5.41) is 7.52. The number of rotatable bonds is 5. The maximum absolute atomic E-state index is 12.1. The molecule has 0 saturated heterocycles. The summed E-state index contributed by atoms with van der Waals surface area (Å²) in [4.78, 5) is 20.7. The first-order chi connectivity index (χ1) is 12.7. The quantitative estimate of drug-likeness (QED) is 0.729. The molecule has 0 spiro atoms. The smallest absolute Gasteiger partial charge is 0.224 e. The Labute approximate surface area is 160 Å². The van der Waals surface area contributed by atoms with E-state index in [1.807, 2.05) is 29.0 Å². The Morgan fingerprint density at radius 2 is 2.19 bits per heavy atom. The number of nitrogens with zero attached hydrogens (tertiary/aromatic N) is 2. The van der Waals surface area contributed by atoms with Gasteiger partial charge in [-0.05, 0) is 40.6 Å². The van der Waals surface area contributed by atoms with Crippen molar-refractivity contribution in [2.75, 3.05) is 6.54 Å². The first kappa shape index (κ1) is 17.0. The molecular weight excluding hydrogens is 370 g/mol. The van der Waals surface area contributed by atoms with Crippen molar-refractivity contribution in [2.24, 2.45) is 0 Å². The van der Waals surface area contributed by atoms with Crippen molar-refractivity contribution in [3.05, 3.63) is 63.6 Å². The third-order valence-electron chi connectivity index (χ3n) is 4.14. The molecule has 1 N–H and O–H groups in total. The van der Waals surface area contributed by atoms with Gasteiger partial charge in [0.25, 0.3) is 0 Å². The molecule has 1 aliphatic heterocycles. The molecule has 0 bridgehead atoms. The first-order valence-electron chi connectivity index (χ1n) is 8.23. The van der Waals surface area contributed by atoms with Crippen LogP contribution in [0, 0.1) is 0 Å². The molecule has 1 atom stereocenters. The Morgan fingerprint density at radius 1 is 1.35 bits per heavy atom. The van der Waals surface area contributed by atoms with E-state index in [1.54, 1.807) is 29.8 Å². The average molecular weight is 386 g/mol. The second-order valence-corrected chi connectivity index (χ2v) is 7.29. The molecular formula is C19H16ClN3O2S. The molecule has 0 saturated carbocycles. The van der Waals surface area contributed by atoms with Gasteiger partial charge in [0.1, 0.15) is 11.9 Å². The van der Waals surface area contributed by atoms with E-state index >= 15 is 0 Å². The van der Waals surface area contributed by atoms with E-state index in [0.717, 1.165) is 22.4 Å². The Balaban J connectivity index is 1.45. The van der Waals surface area contributed by atoms with Crippen LogP contribution in [0.15, 0.2) is 47.4 Å². The molecule has 0 aliphatic carbocycles. The van der Waals surface area contributed by atoms with Crippen LogP contribution in [-0.2, 0) is 17.6 Å². The van der Waals surface area contributed by atoms with Crippen molar-refractivity contribution in [1.29, 1.82) is 0 Å². The summed E-state index contributed by atoms with van der Waals surface area (Å²) in [5.74, 6) is 1.32. The SMILES string of the molecule is O=C(Cc1ccsc1)NCC1Cc2cc(Cl)cc(-c3ncccn3)c2O1. The zero-order valence-electron chi connectivity index (χ0n) is 13.8. The fourth-order valence-corrected chi connectivity index (χ4v) is 3.89. The second-order valence-electron chi connectivity index (χ2n) is 6.07. The van der Waals surface area contributed by atoms with Crippen LogP contribution in [0.3, 0.4) is 0 Å². The zero-order chi connectivity index (χ0) is 17.9. The Morgan fingerprint density at radius 3 is 2.96 bits per heavy atom. The number of fused-ring (bicyclic) bond motifs is 1. The lowest BCUT2D eigenvalue weighted by Crippen LogP contribution is -2.35. The lowest BCUT2D eigenvalue weighted by molar-refractivity contribution is -0.120. The predicted octanol–water partition coefficient (Wildman–Crippen LogP) is 3.52. The number of aromatic nitrogens is 2. The van der Waals surface area contributed by atoms with Gasteiger partial charge in [0, 0.05) is 29.4 Å². The summed E-state index contributed by atoms with van der Waals surface area (Å²) in [6.07, 6.45) is 4.32. The molecule has 1 aliphatic rings. The molecule has 26 heavy (non-hydrogen) atoms. The van der Waals surface area contributed by atoms with Crippen LogP contribution >= 0.6 is 22.9 Å². The van der Waals surface area contributed by atoms with Gasteiger partial charge in [-0.3, -0.25) is 4.79 Å². The number of carbonyl (C=O) groups excluding carboxylic acids is 1. The number of nitrogens with one attached hydrogen (secondary N) is 1. The first-order valence-corrected chi connectivity index (χ1v) is 9.55. The fourth-order valence-electron chi connectivity index (χ4n) is 2.98. The molecule has 5 nitrogen and oxygen atoms in total. The van der Waals surface area contributed by atoms with Crippen molar-refractivity contribution in [3.8, 4) is 17.1 Å². The van der Waals surface area contributed by atoms with Crippen LogP contribution in [0.2, 0.25) is 5.02 Å². The standard InChI is InChI=1S/C19H16ClN3O2S/c20-14-7-13-8-15(10-23-17(24)6-12-2-5-26-11-12)25-18(13)16(9-14)19-21-3-1-4-22-19/h1-5,7,9,11,15H,6,8,10H2,(H,23,24). The van der Waals surface area contributed by atoms with Crippen molar-refractivity contribution in [2.45, 2.75) is 18.9 Å². The van der Waals surface area contributed by atoms with Crippen LogP contribution in [-0.4, -0.2) is 28.5 Å². The minimum atomic E-state index is -0.127. The molecule has 2 aromatic heterocycles. The highest BCUT2D eigenvalue weighted by Crippen LogP contribution is 2.39. The van der Waals surface area contributed by atoms with E-state index < -0.39 is 0 Å². The van der Waals surface area contributed by atoms with Crippen molar-refractivity contribution >= 4 is 28.8 Å². The largest absolute Gasteiger partial charge is 0.487 e. The minimum Gasteiger partial charge on any atom is -0.487 e. The predicted molar refractivity (Wildman–Crippen MR) is 102 cm³/mol. The topological polar surface area (TPSA) is 64.1 Å². The number of halogens is 1. The number of ether oxygens (including phenoxy) is 1. The molecule has 1 aromatic carbocycles. The maximum atomic E-state index is 12.1. The van der Waals surface area contributed by atoms with Crippen molar-refractivity contribution < 1.29 is 9.53 Å². The van der Waals surface area contributed by atoms with Crippen LogP contribution in [0.1, 0.15) is 11.1 Å². The lowest BCUT2D eigenvalue weighted by Gasteiger charge is -2.13. The molecule has 4 rings (SSSR count). The molecule has 1 amide bonds. The van der Waals surface area contributed by atoms with E-state index in [2.05, 4.69) is 15.3 Å². The molecule has 3 heterocycles. The highest BCUT2D eigenvalue weighted by Gasteiger charge is 2.27. The number of hydrogen-bond acceptors (Lipinski definition) is 5. The number of thiophene rings is 1. The van der Waals surface area contributed by atoms with Crippen molar-refractivity contribution in [1.82, 2.24) is 15.3 Å². The highest BCUT2D eigenvalue weighted by atomic mass is 35.5. The molecule has 1 unspecified atom stereocenters. The summed E-state index contributed by atoms with van der Waals surface area (Å²) in [7, 11) is 0. The number of amides is 1. The van der Waals surface area contributed by atoms with Gasteiger partial charge < -0.3 is 10.1 Å². The van der Waals surface area contributed by atoms with Gasteiger partial charge in [-0.15, -0.1) is 0 Å². The lowest BCUT2D eigenvalue weighted by atomic mass is 10.1. The van der Waals surface area contributed by atoms with Gasteiger partial charge in [-0.1, -0.05) is 11.6 Å². The van der Waals surface area contributed by atoms with Crippen LogP contribution < -0.4 is 10.1 Å². The van der Waals surface area contributed by atoms with Crippen molar-refractivity contribution in [3.63, 3.8) is 0 Å². The molecule has 3 aromatic rings. The molecule has 7 heteroatoms. The monoisotopic (exact) mass is 385 g/mol. The Hall–Kier alpha value is -2.44. The highest BCUT2D eigenvalue weighted by molar-refractivity contribution is 7.08. The van der Waals surface area contributed by atoms with E-state index in [4.69, 9.17) is 16.3 Å². The Bertz CT molecular complexity index is 916.